The number of anilines is 1. The summed E-state index contributed by atoms with van der Waals surface area (Å²) in [6.45, 7) is 6.13. The lowest BCUT2D eigenvalue weighted by molar-refractivity contribution is -0.140. The van der Waals surface area contributed by atoms with Crippen molar-refractivity contribution in [2.24, 2.45) is 0 Å². The molecule has 3 aromatic carbocycles. The van der Waals surface area contributed by atoms with Gasteiger partial charge in [0.2, 0.25) is 11.8 Å². The molecule has 12 heteroatoms. The molecule has 0 saturated carbocycles. The van der Waals surface area contributed by atoms with Gasteiger partial charge in [0.05, 0.1) is 15.6 Å². The second-order valence-electron chi connectivity index (χ2n) is 10.1. The first-order valence-corrected chi connectivity index (χ1v) is 15.1. The lowest BCUT2D eigenvalue weighted by atomic mass is 10.1. The zero-order valence-electron chi connectivity index (χ0n) is 22.3. The molecule has 0 spiro atoms. The van der Waals surface area contributed by atoms with Gasteiger partial charge in [-0.1, -0.05) is 70.7 Å². The molecule has 40 heavy (non-hydrogen) atoms. The number of hydrogen-bond donors (Lipinski definition) is 1. The van der Waals surface area contributed by atoms with Crippen LogP contribution in [-0.2, 0) is 26.2 Å². The van der Waals surface area contributed by atoms with Crippen LogP contribution in [0.2, 0.25) is 20.1 Å². The average molecular weight is 645 g/mol. The number of carbonyl (C=O) groups excluding carboxylic acids is 2. The minimum atomic E-state index is -4.30. The molecule has 0 radical (unpaired) electrons. The average Bonchev–Trinajstić information content (AvgIpc) is 2.87. The first kappa shape index (κ1) is 32.0. The third-order valence-corrected chi connectivity index (χ3v) is 8.88. The molecule has 0 aromatic heterocycles. The van der Waals surface area contributed by atoms with E-state index in [4.69, 9.17) is 46.4 Å². The number of amides is 2. The SMILES string of the molecule is C[C@@H](C(=O)NC(C)(C)C)N(Cc1c(Cl)cccc1Cl)C(=O)CN(c1cc(Cl)ccc1Cl)S(=O)(=O)c1ccccc1. The highest BCUT2D eigenvalue weighted by Gasteiger charge is 2.34. The number of benzene rings is 3. The van der Waals surface area contributed by atoms with Crippen molar-refractivity contribution < 1.29 is 18.0 Å². The fourth-order valence-electron chi connectivity index (χ4n) is 3.82. The summed E-state index contributed by atoms with van der Waals surface area (Å²) in [4.78, 5) is 28.4. The van der Waals surface area contributed by atoms with Crippen LogP contribution in [0.15, 0.2) is 71.6 Å². The lowest BCUT2D eigenvalue weighted by Crippen LogP contribution is -2.54. The predicted octanol–water partition coefficient (Wildman–Crippen LogP) is 6.83. The number of sulfonamides is 1. The molecular weight excluding hydrogens is 616 g/mol. The fourth-order valence-corrected chi connectivity index (χ4v) is 6.22. The number of hydrogen-bond acceptors (Lipinski definition) is 4. The lowest BCUT2D eigenvalue weighted by Gasteiger charge is -2.34. The van der Waals surface area contributed by atoms with Crippen LogP contribution in [0.5, 0.6) is 0 Å². The van der Waals surface area contributed by atoms with Gasteiger partial charge in [0, 0.05) is 32.7 Å². The Labute approximate surface area is 255 Å². The van der Waals surface area contributed by atoms with Gasteiger partial charge in [-0.25, -0.2) is 8.42 Å². The third-order valence-electron chi connectivity index (χ3n) is 5.84. The van der Waals surface area contributed by atoms with Crippen LogP contribution in [0.4, 0.5) is 5.69 Å². The first-order valence-electron chi connectivity index (χ1n) is 12.2. The molecule has 7 nitrogen and oxygen atoms in total. The number of nitrogens with one attached hydrogen (secondary N) is 1. The summed E-state index contributed by atoms with van der Waals surface area (Å²) >= 11 is 25.4. The first-order chi connectivity index (χ1) is 18.6. The molecular formula is C28H29Cl4N3O4S. The molecule has 0 heterocycles. The molecule has 0 aliphatic heterocycles. The summed E-state index contributed by atoms with van der Waals surface area (Å²) in [5.74, 6) is -1.13. The highest BCUT2D eigenvalue weighted by atomic mass is 35.5. The summed E-state index contributed by atoms with van der Waals surface area (Å²) in [6, 6.07) is 15.8. The smallest absolute Gasteiger partial charge is 0.264 e. The minimum Gasteiger partial charge on any atom is -0.350 e. The molecule has 0 unspecified atom stereocenters. The summed E-state index contributed by atoms with van der Waals surface area (Å²) in [5.41, 5.74) is -0.166. The topological polar surface area (TPSA) is 86.8 Å². The van der Waals surface area contributed by atoms with E-state index in [9.17, 15) is 18.0 Å². The second kappa shape index (κ2) is 13.0. The van der Waals surface area contributed by atoms with Crippen LogP contribution in [0.3, 0.4) is 0 Å². The highest BCUT2D eigenvalue weighted by Crippen LogP contribution is 2.34. The Bertz CT molecular complexity index is 1470. The molecule has 1 atom stereocenters. The maximum absolute atomic E-state index is 14.0. The number of rotatable bonds is 9. The van der Waals surface area contributed by atoms with E-state index in [1.807, 2.05) is 20.8 Å². The third kappa shape index (κ3) is 7.83. The highest BCUT2D eigenvalue weighted by molar-refractivity contribution is 7.92. The van der Waals surface area contributed by atoms with E-state index in [-0.39, 0.29) is 27.2 Å². The van der Waals surface area contributed by atoms with Crippen molar-refractivity contribution in [1.82, 2.24) is 10.2 Å². The predicted molar refractivity (Wildman–Crippen MR) is 162 cm³/mol. The van der Waals surface area contributed by atoms with E-state index in [1.54, 1.807) is 43.3 Å². The van der Waals surface area contributed by atoms with Crippen molar-refractivity contribution in [3.63, 3.8) is 0 Å². The van der Waals surface area contributed by atoms with Gasteiger partial charge in [-0.05, 0) is 70.2 Å². The normalized spacial score (nSPS) is 12.5. The van der Waals surface area contributed by atoms with E-state index in [2.05, 4.69) is 5.32 Å². The van der Waals surface area contributed by atoms with Gasteiger partial charge < -0.3 is 10.2 Å². The maximum Gasteiger partial charge on any atom is 0.264 e. The van der Waals surface area contributed by atoms with Crippen LogP contribution >= 0.6 is 46.4 Å². The summed E-state index contributed by atoms with van der Waals surface area (Å²) in [7, 11) is -4.30. The second-order valence-corrected chi connectivity index (χ2v) is 13.6. The Morgan fingerprint density at radius 2 is 1.48 bits per heavy atom. The van der Waals surface area contributed by atoms with Crippen LogP contribution in [-0.4, -0.2) is 43.3 Å². The fraction of sp³-hybridized carbons (Fsp3) is 0.286. The molecule has 0 fully saturated rings. The van der Waals surface area contributed by atoms with E-state index < -0.39 is 40.0 Å². The Morgan fingerprint density at radius 1 is 0.875 bits per heavy atom. The van der Waals surface area contributed by atoms with Crippen molar-refractivity contribution in [1.29, 1.82) is 0 Å². The molecule has 0 saturated heterocycles. The molecule has 1 N–H and O–H groups in total. The van der Waals surface area contributed by atoms with Gasteiger partial charge in [0.15, 0.2) is 0 Å². The van der Waals surface area contributed by atoms with Gasteiger partial charge in [-0.15, -0.1) is 0 Å². The summed E-state index contributed by atoms with van der Waals surface area (Å²) < 4.78 is 28.6. The van der Waals surface area contributed by atoms with Gasteiger partial charge in [-0.2, -0.15) is 0 Å². The molecule has 3 aromatic rings. The Hall–Kier alpha value is -2.49. The van der Waals surface area contributed by atoms with Gasteiger partial charge in [0.25, 0.3) is 10.0 Å². The van der Waals surface area contributed by atoms with Crippen molar-refractivity contribution in [2.75, 3.05) is 10.8 Å². The Kier molecular flexibility index (Phi) is 10.4. The molecule has 0 aliphatic carbocycles. The molecule has 214 valence electrons. The van der Waals surface area contributed by atoms with Crippen molar-refractivity contribution >= 4 is 73.9 Å². The summed E-state index contributed by atoms with van der Waals surface area (Å²) in [6.07, 6.45) is 0. The van der Waals surface area contributed by atoms with Crippen molar-refractivity contribution in [2.45, 2.75) is 50.7 Å². The molecule has 0 aliphatic rings. The van der Waals surface area contributed by atoms with E-state index in [0.717, 1.165) is 4.31 Å². The Balaban J connectivity index is 2.11. The van der Waals surface area contributed by atoms with Crippen LogP contribution in [0.25, 0.3) is 0 Å². The van der Waals surface area contributed by atoms with Crippen molar-refractivity contribution in [3.05, 3.63) is 92.4 Å². The Morgan fingerprint density at radius 3 is 2.05 bits per heavy atom. The largest absolute Gasteiger partial charge is 0.350 e. The molecule has 0 bridgehead atoms. The number of carbonyl (C=O) groups is 2. The van der Waals surface area contributed by atoms with Gasteiger partial charge in [0.1, 0.15) is 12.6 Å². The monoisotopic (exact) mass is 643 g/mol. The molecule has 2 amide bonds. The van der Waals surface area contributed by atoms with Crippen LogP contribution < -0.4 is 9.62 Å². The zero-order chi connectivity index (χ0) is 29.8. The maximum atomic E-state index is 14.0. The van der Waals surface area contributed by atoms with Crippen LogP contribution in [0.1, 0.15) is 33.3 Å². The standard InChI is InChI=1S/C28H29Cl4N3O4S/c1-18(27(37)33-28(2,3)4)34(16-21-22(30)11-8-12-23(21)31)26(36)17-35(25-15-19(29)13-14-24(25)32)40(38,39)20-9-6-5-7-10-20/h5-15,18H,16-17H2,1-4H3,(H,33,37)/t18-/m0/s1. The van der Waals surface area contributed by atoms with Crippen molar-refractivity contribution in [3.8, 4) is 0 Å². The van der Waals surface area contributed by atoms with E-state index in [0.29, 0.717) is 15.6 Å². The number of halogens is 4. The quantitative estimate of drug-likeness (QED) is 0.277. The van der Waals surface area contributed by atoms with Gasteiger partial charge in [-0.3, -0.25) is 13.9 Å². The summed E-state index contributed by atoms with van der Waals surface area (Å²) in [5, 5.41) is 3.73. The minimum absolute atomic E-state index is 0.00823. The van der Waals surface area contributed by atoms with E-state index in [1.165, 1.54) is 35.2 Å². The zero-order valence-corrected chi connectivity index (χ0v) is 26.1. The molecule has 3 rings (SSSR count). The number of nitrogens with zero attached hydrogens (tertiary/aromatic N) is 2. The van der Waals surface area contributed by atoms with E-state index >= 15 is 0 Å². The van der Waals surface area contributed by atoms with Crippen LogP contribution in [0, 0.1) is 0 Å². The van der Waals surface area contributed by atoms with Gasteiger partial charge >= 0.3 is 0 Å².